The molecule has 28 heavy (non-hydrogen) atoms. The van der Waals surface area contributed by atoms with E-state index in [0.717, 1.165) is 16.7 Å². The van der Waals surface area contributed by atoms with Gasteiger partial charge in [-0.1, -0.05) is 90.0 Å². The molecule has 0 bridgehead atoms. The minimum Gasteiger partial charge on any atom is -0.313 e. The number of rotatable bonds is 5. The lowest BCUT2D eigenvalue weighted by Gasteiger charge is -2.30. The quantitative estimate of drug-likeness (QED) is 0.580. The van der Waals surface area contributed by atoms with E-state index in [-0.39, 0.29) is 0 Å². The van der Waals surface area contributed by atoms with Crippen LogP contribution in [0.2, 0.25) is 0 Å². The zero-order chi connectivity index (χ0) is 20.1. The van der Waals surface area contributed by atoms with Crippen molar-refractivity contribution in [2.24, 2.45) is 5.92 Å². The van der Waals surface area contributed by atoms with Crippen LogP contribution in [0.1, 0.15) is 22.3 Å². The van der Waals surface area contributed by atoms with Gasteiger partial charge in [0.15, 0.2) is 7.14 Å². The topological polar surface area (TPSA) is 64.7 Å². The Balaban J connectivity index is 2.34. The molecule has 0 radical (unpaired) electrons. The first kappa shape index (κ1) is 19.6. The molecule has 0 aliphatic rings. The van der Waals surface area contributed by atoms with E-state index in [0.29, 0.717) is 10.6 Å². The van der Waals surface area contributed by atoms with Crippen LogP contribution in [0, 0.1) is 42.4 Å². The van der Waals surface area contributed by atoms with E-state index in [1.54, 1.807) is 0 Å². The molecule has 3 aromatic carbocycles. The molecule has 3 nitrogen and oxygen atoms in total. The van der Waals surface area contributed by atoms with E-state index in [1.807, 2.05) is 92.7 Å². The highest BCUT2D eigenvalue weighted by atomic mass is 31.2. The summed E-state index contributed by atoms with van der Waals surface area (Å²) in [6, 6.07) is 28.6. The van der Waals surface area contributed by atoms with E-state index in [9.17, 15) is 15.1 Å². The Bertz CT molecular complexity index is 1010. The van der Waals surface area contributed by atoms with Crippen molar-refractivity contribution >= 4 is 17.8 Å². The minimum atomic E-state index is -3.33. The van der Waals surface area contributed by atoms with Gasteiger partial charge in [0.05, 0.1) is 17.8 Å². The van der Waals surface area contributed by atoms with Gasteiger partial charge in [0, 0.05) is 10.6 Å². The summed E-state index contributed by atoms with van der Waals surface area (Å²) in [5, 5.41) is 20.7. The van der Waals surface area contributed by atoms with Crippen molar-refractivity contribution < 1.29 is 4.57 Å². The minimum absolute atomic E-state index is 0.659. The van der Waals surface area contributed by atoms with Crippen LogP contribution >= 0.6 is 7.14 Å². The average Bonchev–Trinajstić information content (AvgIpc) is 2.73. The standard InChI is InChI=1S/C24H21N2OP/c1-18-8-12-22(13-9-18)28(27,23-14-10-19(2)11-15-23)24(21(16-25)17-26)20-6-4-3-5-7-20/h3-15,21,24H,1-2H3. The Morgan fingerprint density at radius 3 is 1.54 bits per heavy atom. The summed E-state index contributed by atoms with van der Waals surface area (Å²) in [6.07, 6.45) is 0. The van der Waals surface area contributed by atoms with E-state index in [1.165, 1.54) is 0 Å². The average molecular weight is 384 g/mol. The second kappa shape index (κ2) is 8.26. The van der Waals surface area contributed by atoms with Gasteiger partial charge in [-0.05, 0) is 19.4 Å². The number of hydrogen-bond acceptors (Lipinski definition) is 3. The zero-order valence-electron chi connectivity index (χ0n) is 15.9. The van der Waals surface area contributed by atoms with Gasteiger partial charge < -0.3 is 4.57 Å². The molecule has 0 spiro atoms. The second-order valence-corrected chi connectivity index (χ2v) is 9.83. The molecule has 3 rings (SSSR count). The van der Waals surface area contributed by atoms with Crippen molar-refractivity contribution in [3.63, 3.8) is 0 Å². The first-order chi connectivity index (χ1) is 13.5. The molecule has 0 saturated carbocycles. The first-order valence-electron chi connectivity index (χ1n) is 9.09. The summed E-state index contributed by atoms with van der Waals surface area (Å²) in [6.45, 7) is 3.95. The third-order valence-electron chi connectivity index (χ3n) is 4.96. The van der Waals surface area contributed by atoms with Gasteiger partial charge in [-0.25, -0.2) is 0 Å². The molecule has 0 saturated heterocycles. The molecule has 4 heteroatoms. The van der Waals surface area contributed by atoms with Gasteiger partial charge in [0.2, 0.25) is 0 Å². The number of hydrogen-bond donors (Lipinski definition) is 0. The highest BCUT2D eigenvalue weighted by Gasteiger charge is 2.43. The van der Waals surface area contributed by atoms with Crippen molar-refractivity contribution in [2.45, 2.75) is 19.5 Å². The Morgan fingerprint density at radius 1 is 0.714 bits per heavy atom. The Labute approximate surface area is 166 Å². The lowest BCUT2D eigenvalue weighted by atomic mass is 10.0. The SMILES string of the molecule is Cc1ccc(P(=O)(c2ccc(C)cc2)C(c2ccccc2)C(C#N)C#N)cc1. The Kier molecular flexibility index (Phi) is 5.79. The highest BCUT2D eigenvalue weighted by Crippen LogP contribution is 2.60. The number of benzene rings is 3. The molecule has 0 fully saturated rings. The van der Waals surface area contributed by atoms with Gasteiger partial charge in [0.25, 0.3) is 0 Å². The monoisotopic (exact) mass is 384 g/mol. The molecule has 1 unspecified atom stereocenters. The summed E-state index contributed by atoms with van der Waals surface area (Å²) in [4.78, 5) is 0. The second-order valence-electron chi connectivity index (χ2n) is 6.92. The fourth-order valence-electron chi connectivity index (χ4n) is 3.44. The van der Waals surface area contributed by atoms with Crippen molar-refractivity contribution in [2.75, 3.05) is 0 Å². The number of aryl methyl sites for hydroxylation is 2. The molecular formula is C24H21N2OP. The van der Waals surface area contributed by atoms with Crippen molar-refractivity contribution in [1.82, 2.24) is 0 Å². The van der Waals surface area contributed by atoms with E-state index >= 15 is 0 Å². The first-order valence-corrected chi connectivity index (χ1v) is 10.9. The molecule has 3 aromatic rings. The van der Waals surface area contributed by atoms with Crippen LogP contribution in [0.15, 0.2) is 78.9 Å². The third-order valence-corrected chi connectivity index (χ3v) is 8.47. The van der Waals surface area contributed by atoms with E-state index in [4.69, 9.17) is 0 Å². The smallest absolute Gasteiger partial charge is 0.152 e. The lowest BCUT2D eigenvalue weighted by Crippen LogP contribution is -2.25. The van der Waals surface area contributed by atoms with Crippen LogP contribution in [0.5, 0.6) is 0 Å². The maximum atomic E-state index is 14.8. The molecule has 0 N–H and O–H groups in total. The number of nitriles is 2. The largest absolute Gasteiger partial charge is 0.313 e. The molecule has 1 atom stereocenters. The van der Waals surface area contributed by atoms with Crippen molar-refractivity contribution in [3.8, 4) is 12.1 Å². The summed E-state index contributed by atoms with van der Waals surface area (Å²) in [7, 11) is -3.33. The van der Waals surface area contributed by atoms with Crippen LogP contribution in [-0.4, -0.2) is 0 Å². The van der Waals surface area contributed by atoms with Crippen molar-refractivity contribution in [1.29, 1.82) is 10.5 Å². The normalized spacial score (nSPS) is 12.2. The summed E-state index contributed by atoms with van der Waals surface area (Å²) < 4.78 is 14.8. The predicted molar refractivity (Wildman–Crippen MR) is 113 cm³/mol. The molecule has 0 amide bonds. The Morgan fingerprint density at radius 2 is 1.14 bits per heavy atom. The van der Waals surface area contributed by atoms with E-state index < -0.39 is 18.7 Å². The maximum absolute atomic E-state index is 14.8. The van der Waals surface area contributed by atoms with Gasteiger partial charge >= 0.3 is 0 Å². The number of nitrogens with zero attached hydrogens (tertiary/aromatic N) is 2. The molecule has 0 aromatic heterocycles. The van der Waals surface area contributed by atoms with Crippen LogP contribution < -0.4 is 10.6 Å². The summed E-state index contributed by atoms with van der Waals surface area (Å²) >= 11 is 0. The van der Waals surface area contributed by atoms with E-state index in [2.05, 4.69) is 12.1 Å². The zero-order valence-corrected chi connectivity index (χ0v) is 16.8. The van der Waals surface area contributed by atoms with Crippen LogP contribution in [0.3, 0.4) is 0 Å². The molecule has 0 aliphatic heterocycles. The van der Waals surface area contributed by atoms with Gasteiger partial charge in [-0.3, -0.25) is 0 Å². The summed E-state index contributed by atoms with van der Waals surface area (Å²) in [5.41, 5.74) is 2.12. The molecule has 138 valence electrons. The van der Waals surface area contributed by atoms with Crippen LogP contribution in [-0.2, 0) is 4.57 Å². The van der Waals surface area contributed by atoms with Crippen LogP contribution in [0.25, 0.3) is 0 Å². The Hall–Kier alpha value is -3.13. The van der Waals surface area contributed by atoms with Gasteiger partial charge in [0.1, 0.15) is 5.92 Å². The fraction of sp³-hybridized carbons (Fsp3) is 0.167. The molecular weight excluding hydrogens is 363 g/mol. The van der Waals surface area contributed by atoms with Crippen LogP contribution in [0.4, 0.5) is 0 Å². The third kappa shape index (κ3) is 3.63. The fourth-order valence-corrected chi connectivity index (χ4v) is 6.71. The van der Waals surface area contributed by atoms with Crippen molar-refractivity contribution in [3.05, 3.63) is 95.6 Å². The lowest BCUT2D eigenvalue weighted by molar-refractivity contribution is 0.572. The van der Waals surface area contributed by atoms with Gasteiger partial charge in [-0.2, -0.15) is 10.5 Å². The van der Waals surface area contributed by atoms with Gasteiger partial charge in [-0.15, -0.1) is 0 Å². The summed E-state index contributed by atoms with van der Waals surface area (Å²) in [5.74, 6) is -1.03. The maximum Gasteiger partial charge on any atom is 0.152 e. The predicted octanol–water partition coefficient (Wildman–Crippen LogP) is 5.02. The molecule has 0 aliphatic carbocycles. The molecule has 0 heterocycles. The highest BCUT2D eigenvalue weighted by molar-refractivity contribution is 7.79.